The summed E-state index contributed by atoms with van der Waals surface area (Å²) in [5.41, 5.74) is 9.69. The Morgan fingerprint density at radius 1 is 1.39 bits per heavy atom. The molecule has 0 aliphatic carbocycles. The minimum absolute atomic E-state index is 0.161. The summed E-state index contributed by atoms with van der Waals surface area (Å²) in [5.74, 6) is 0.877. The molecule has 0 aromatic heterocycles. The molecule has 3 N–H and O–H groups in total. The molecule has 0 saturated carbocycles. The minimum Gasteiger partial charge on any atom is -0.494 e. The number of unbranched alkanes of at least 4 members (excludes halogenated alkanes) is 1. The van der Waals surface area contributed by atoms with Crippen LogP contribution in [-0.4, -0.2) is 17.4 Å². The molecule has 0 aliphatic heterocycles. The van der Waals surface area contributed by atoms with E-state index in [1.807, 2.05) is 31.2 Å². The van der Waals surface area contributed by atoms with Crippen LogP contribution >= 0.6 is 12.2 Å². The molecule has 1 aromatic rings. The van der Waals surface area contributed by atoms with Crippen molar-refractivity contribution in [1.82, 2.24) is 5.43 Å². The van der Waals surface area contributed by atoms with Crippen LogP contribution < -0.4 is 15.9 Å². The van der Waals surface area contributed by atoms with Gasteiger partial charge in [0.2, 0.25) is 0 Å². The third-order valence-electron chi connectivity index (χ3n) is 2.37. The van der Waals surface area contributed by atoms with Gasteiger partial charge in [0.15, 0.2) is 5.11 Å². The maximum Gasteiger partial charge on any atom is 0.184 e. The SMILES string of the molecule is CCCCOc1ccc(/C(C)=N\NC(N)=S)cc1. The number of hydrogen-bond donors (Lipinski definition) is 2. The van der Waals surface area contributed by atoms with Gasteiger partial charge in [-0.2, -0.15) is 5.10 Å². The molecule has 0 spiro atoms. The summed E-state index contributed by atoms with van der Waals surface area (Å²) < 4.78 is 5.58. The van der Waals surface area contributed by atoms with Gasteiger partial charge in [0.25, 0.3) is 0 Å². The fourth-order valence-electron chi connectivity index (χ4n) is 1.33. The number of nitrogens with zero attached hydrogens (tertiary/aromatic N) is 1. The molecule has 1 aromatic carbocycles. The summed E-state index contributed by atoms with van der Waals surface area (Å²) in [6, 6.07) is 7.79. The number of nitrogens with two attached hydrogens (primary N) is 1. The fraction of sp³-hybridized carbons (Fsp3) is 0.385. The van der Waals surface area contributed by atoms with E-state index in [9.17, 15) is 0 Å². The normalized spacial score (nSPS) is 11.1. The van der Waals surface area contributed by atoms with Crippen molar-refractivity contribution in [3.63, 3.8) is 0 Å². The topological polar surface area (TPSA) is 59.6 Å². The molecule has 0 bridgehead atoms. The Morgan fingerprint density at radius 3 is 2.61 bits per heavy atom. The first-order valence-electron chi connectivity index (χ1n) is 5.96. The van der Waals surface area contributed by atoms with Crippen LogP contribution in [0.3, 0.4) is 0 Å². The Bertz CT molecular complexity index is 415. The molecule has 0 amide bonds. The zero-order chi connectivity index (χ0) is 13.4. The standard InChI is InChI=1S/C13H19N3OS/c1-3-4-9-17-12-7-5-11(6-8-12)10(2)15-16-13(14)18/h5-8H,3-4,9H2,1-2H3,(H3,14,16,18)/b15-10-. The first-order valence-corrected chi connectivity index (χ1v) is 6.37. The molecule has 5 heteroatoms. The second kappa shape index (κ2) is 7.66. The lowest BCUT2D eigenvalue weighted by atomic mass is 10.1. The van der Waals surface area contributed by atoms with Crippen molar-refractivity contribution in [3.8, 4) is 5.75 Å². The molecule has 18 heavy (non-hydrogen) atoms. The third-order valence-corrected chi connectivity index (χ3v) is 2.46. The summed E-state index contributed by atoms with van der Waals surface area (Å²) in [5, 5.41) is 4.22. The highest BCUT2D eigenvalue weighted by Gasteiger charge is 1.99. The van der Waals surface area contributed by atoms with Crippen molar-refractivity contribution >= 4 is 23.0 Å². The molecule has 4 nitrogen and oxygen atoms in total. The number of ether oxygens (including phenoxy) is 1. The van der Waals surface area contributed by atoms with Crippen LogP contribution in [0.5, 0.6) is 5.75 Å². The van der Waals surface area contributed by atoms with Crippen molar-refractivity contribution in [3.05, 3.63) is 29.8 Å². The van der Waals surface area contributed by atoms with E-state index in [1.54, 1.807) is 0 Å². The monoisotopic (exact) mass is 265 g/mol. The van der Waals surface area contributed by atoms with E-state index in [-0.39, 0.29) is 5.11 Å². The zero-order valence-corrected chi connectivity index (χ0v) is 11.6. The van der Waals surface area contributed by atoms with E-state index < -0.39 is 0 Å². The van der Waals surface area contributed by atoms with E-state index in [2.05, 4.69) is 29.7 Å². The third kappa shape index (κ3) is 5.14. The highest BCUT2D eigenvalue weighted by atomic mass is 32.1. The van der Waals surface area contributed by atoms with Gasteiger partial charge in [0, 0.05) is 0 Å². The van der Waals surface area contributed by atoms with E-state index >= 15 is 0 Å². The largest absolute Gasteiger partial charge is 0.494 e. The lowest BCUT2D eigenvalue weighted by molar-refractivity contribution is 0.309. The van der Waals surface area contributed by atoms with Gasteiger partial charge in [0.1, 0.15) is 5.75 Å². The Hall–Kier alpha value is -1.62. The highest BCUT2D eigenvalue weighted by molar-refractivity contribution is 7.80. The Kier molecular flexibility index (Phi) is 6.14. The summed E-state index contributed by atoms with van der Waals surface area (Å²) in [4.78, 5) is 0. The second-order valence-electron chi connectivity index (χ2n) is 3.90. The minimum atomic E-state index is 0.161. The van der Waals surface area contributed by atoms with E-state index in [0.29, 0.717) is 0 Å². The predicted molar refractivity (Wildman–Crippen MR) is 79.0 cm³/mol. The molecule has 0 saturated heterocycles. The molecule has 0 unspecified atom stereocenters. The van der Waals surface area contributed by atoms with Crippen LogP contribution in [0.15, 0.2) is 29.4 Å². The average molecular weight is 265 g/mol. The van der Waals surface area contributed by atoms with Crippen LogP contribution in [0.1, 0.15) is 32.3 Å². The smallest absolute Gasteiger partial charge is 0.184 e. The van der Waals surface area contributed by atoms with Gasteiger partial charge in [-0.25, -0.2) is 0 Å². The van der Waals surface area contributed by atoms with Crippen LogP contribution in [0, 0.1) is 0 Å². The number of hydrazone groups is 1. The number of benzene rings is 1. The maximum absolute atomic E-state index is 5.58. The maximum atomic E-state index is 5.58. The lowest BCUT2D eigenvalue weighted by Crippen LogP contribution is -2.25. The molecular weight excluding hydrogens is 246 g/mol. The van der Waals surface area contributed by atoms with Crippen molar-refractivity contribution in [2.45, 2.75) is 26.7 Å². The molecule has 0 fully saturated rings. The van der Waals surface area contributed by atoms with Crippen molar-refractivity contribution < 1.29 is 4.74 Å². The number of hydrogen-bond acceptors (Lipinski definition) is 3. The van der Waals surface area contributed by atoms with Gasteiger partial charge in [-0.1, -0.05) is 13.3 Å². The van der Waals surface area contributed by atoms with E-state index in [1.165, 1.54) is 0 Å². The van der Waals surface area contributed by atoms with Gasteiger partial charge < -0.3 is 10.5 Å². The number of rotatable bonds is 6. The Labute approximate surface area is 113 Å². The van der Waals surface area contributed by atoms with Crippen molar-refractivity contribution in [1.29, 1.82) is 0 Å². The highest BCUT2D eigenvalue weighted by Crippen LogP contribution is 2.13. The Balaban J connectivity index is 2.59. The first-order chi connectivity index (χ1) is 8.63. The number of nitrogens with one attached hydrogen (secondary N) is 1. The summed E-state index contributed by atoms with van der Waals surface area (Å²) in [6.45, 7) is 4.78. The summed E-state index contributed by atoms with van der Waals surface area (Å²) in [7, 11) is 0. The molecular formula is C13H19N3OS. The summed E-state index contributed by atoms with van der Waals surface area (Å²) >= 11 is 4.68. The van der Waals surface area contributed by atoms with Crippen LogP contribution in [0.25, 0.3) is 0 Å². The zero-order valence-electron chi connectivity index (χ0n) is 10.8. The van der Waals surface area contributed by atoms with Gasteiger partial charge >= 0.3 is 0 Å². The predicted octanol–water partition coefficient (Wildman–Crippen LogP) is 2.42. The van der Waals surface area contributed by atoms with Crippen LogP contribution in [-0.2, 0) is 0 Å². The molecule has 0 aliphatic rings. The molecule has 98 valence electrons. The quantitative estimate of drug-likeness (QED) is 0.359. The van der Waals surface area contributed by atoms with Crippen LogP contribution in [0.2, 0.25) is 0 Å². The van der Waals surface area contributed by atoms with E-state index in [0.717, 1.165) is 36.5 Å². The van der Waals surface area contributed by atoms with Gasteiger partial charge in [-0.3, -0.25) is 5.43 Å². The van der Waals surface area contributed by atoms with Crippen molar-refractivity contribution in [2.24, 2.45) is 10.8 Å². The van der Waals surface area contributed by atoms with Crippen LogP contribution in [0.4, 0.5) is 0 Å². The van der Waals surface area contributed by atoms with Gasteiger partial charge in [-0.05, 0) is 55.4 Å². The van der Waals surface area contributed by atoms with Crippen molar-refractivity contribution in [2.75, 3.05) is 6.61 Å². The average Bonchev–Trinajstić information content (AvgIpc) is 2.37. The van der Waals surface area contributed by atoms with E-state index in [4.69, 9.17) is 10.5 Å². The number of thiocarbonyl (C=S) groups is 1. The molecule has 0 radical (unpaired) electrons. The molecule has 0 atom stereocenters. The fourth-order valence-corrected chi connectivity index (χ4v) is 1.38. The van der Waals surface area contributed by atoms with Gasteiger partial charge in [-0.15, -0.1) is 0 Å². The molecule has 0 heterocycles. The summed E-state index contributed by atoms with van der Waals surface area (Å²) in [6.07, 6.45) is 2.20. The molecule has 1 rings (SSSR count). The lowest BCUT2D eigenvalue weighted by Gasteiger charge is -2.06. The first kappa shape index (κ1) is 14.4. The Morgan fingerprint density at radius 2 is 2.06 bits per heavy atom. The second-order valence-corrected chi connectivity index (χ2v) is 4.34. The van der Waals surface area contributed by atoms with Gasteiger partial charge in [0.05, 0.1) is 12.3 Å².